The summed E-state index contributed by atoms with van der Waals surface area (Å²) in [7, 11) is 0.182. The lowest BCUT2D eigenvalue weighted by atomic mass is 10.1. The summed E-state index contributed by atoms with van der Waals surface area (Å²) in [6, 6.07) is 10.9. The minimum Gasteiger partial charge on any atom is -0.496 e. The van der Waals surface area contributed by atoms with Gasteiger partial charge in [0.2, 0.25) is 0 Å². The Balaban J connectivity index is 2.00. The van der Waals surface area contributed by atoms with E-state index in [1.54, 1.807) is 44.6 Å². The Morgan fingerprint density at radius 2 is 2.09 bits per heavy atom. The van der Waals surface area contributed by atoms with Crippen LogP contribution >= 0.6 is 0 Å². The van der Waals surface area contributed by atoms with Gasteiger partial charge in [-0.05, 0) is 31.2 Å². The highest BCUT2D eigenvalue weighted by Gasteiger charge is 2.15. The van der Waals surface area contributed by atoms with E-state index in [1.807, 2.05) is 18.2 Å². The van der Waals surface area contributed by atoms with Crippen molar-refractivity contribution in [3.63, 3.8) is 0 Å². The average molecular weight is 314 g/mol. The Kier molecular flexibility index (Phi) is 4.02. The molecule has 0 aliphatic heterocycles. The van der Waals surface area contributed by atoms with Gasteiger partial charge in [-0.25, -0.2) is 4.21 Å². The summed E-state index contributed by atoms with van der Waals surface area (Å²) in [4.78, 5) is 4.72. The maximum absolute atomic E-state index is 12.5. The van der Waals surface area contributed by atoms with E-state index in [9.17, 15) is 4.21 Å². The number of ether oxygens (including phenoxy) is 1. The van der Waals surface area contributed by atoms with Crippen LogP contribution in [0.4, 0.5) is 0 Å². The second-order valence-electron chi connectivity index (χ2n) is 4.65. The Morgan fingerprint density at radius 3 is 2.73 bits per heavy atom. The molecule has 0 saturated heterocycles. The summed E-state index contributed by atoms with van der Waals surface area (Å²) in [6.07, 6.45) is 3.47. The number of methoxy groups -OCH3 is 1. The standard InChI is InChI=1S/C16H14N2O3S/c1-11-8-16(18-21-11)22(19)13-5-6-14(15(9-13)20-2)12-4-3-7-17-10-12/h3-10H,1-2H3. The molecule has 3 rings (SSSR count). The average Bonchev–Trinajstić information content (AvgIpc) is 3.01. The summed E-state index contributed by atoms with van der Waals surface area (Å²) in [5.74, 6) is 1.27. The van der Waals surface area contributed by atoms with Crippen molar-refractivity contribution in [1.29, 1.82) is 0 Å². The first-order chi connectivity index (χ1) is 10.7. The Bertz CT molecular complexity index is 815. The molecule has 1 atom stereocenters. The molecular weight excluding hydrogens is 300 g/mol. The van der Waals surface area contributed by atoms with Crippen LogP contribution in [0, 0.1) is 6.92 Å². The number of hydrogen-bond donors (Lipinski definition) is 0. The Hall–Kier alpha value is -2.47. The van der Waals surface area contributed by atoms with Gasteiger partial charge in [0.05, 0.1) is 7.11 Å². The van der Waals surface area contributed by atoms with Crippen molar-refractivity contribution in [2.75, 3.05) is 7.11 Å². The third-order valence-corrected chi connectivity index (χ3v) is 4.41. The minimum absolute atomic E-state index is 0.397. The van der Waals surface area contributed by atoms with Crippen molar-refractivity contribution in [2.45, 2.75) is 16.8 Å². The highest BCUT2D eigenvalue weighted by molar-refractivity contribution is 7.85. The lowest BCUT2D eigenvalue weighted by molar-refractivity contribution is 0.382. The van der Waals surface area contributed by atoms with Gasteiger partial charge < -0.3 is 9.26 Å². The van der Waals surface area contributed by atoms with Crippen LogP contribution < -0.4 is 4.74 Å². The van der Waals surface area contributed by atoms with Gasteiger partial charge in [-0.15, -0.1) is 0 Å². The number of aromatic nitrogens is 2. The van der Waals surface area contributed by atoms with E-state index in [1.165, 1.54) is 0 Å². The smallest absolute Gasteiger partial charge is 0.175 e. The molecule has 0 amide bonds. The van der Waals surface area contributed by atoms with Crippen LogP contribution in [0.5, 0.6) is 5.75 Å². The fourth-order valence-corrected chi connectivity index (χ4v) is 3.12. The maximum atomic E-state index is 12.5. The molecular formula is C16H14N2O3S. The van der Waals surface area contributed by atoms with Gasteiger partial charge in [-0.3, -0.25) is 4.98 Å². The van der Waals surface area contributed by atoms with E-state index in [-0.39, 0.29) is 0 Å². The van der Waals surface area contributed by atoms with E-state index < -0.39 is 10.8 Å². The van der Waals surface area contributed by atoms with E-state index in [2.05, 4.69) is 10.1 Å². The summed E-state index contributed by atoms with van der Waals surface area (Å²) in [5.41, 5.74) is 1.83. The Labute approximate surface area is 130 Å². The molecule has 1 aromatic carbocycles. The molecule has 0 N–H and O–H groups in total. The number of nitrogens with zero attached hydrogens (tertiary/aromatic N) is 2. The molecule has 2 heterocycles. The molecule has 6 heteroatoms. The molecule has 0 bridgehead atoms. The van der Waals surface area contributed by atoms with Crippen molar-refractivity contribution < 1.29 is 13.5 Å². The molecule has 0 aliphatic rings. The van der Waals surface area contributed by atoms with Gasteiger partial charge in [0.15, 0.2) is 5.03 Å². The van der Waals surface area contributed by atoms with Gasteiger partial charge >= 0.3 is 0 Å². The molecule has 0 spiro atoms. The summed E-state index contributed by atoms with van der Waals surface area (Å²) < 4.78 is 22.9. The van der Waals surface area contributed by atoms with Gasteiger partial charge in [-0.2, -0.15) is 0 Å². The minimum atomic E-state index is -1.40. The number of rotatable bonds is 4. The van der Waals surface area contributed by atoms with Crippen LogP contribution in [-0.4, -0.2) is 21.5 Å². The predicted molar refractivity (Wildman–Crippen MR) is 82.1 cm³/mol. The SMILES string of the molecule is COc1cc(S(=O)c2cc(C)on2)ccc1-c1cccnc1. The molecule has 5 nitrogen and oxygen atoms in total. The first-order valence-corrected chi connectivity index (χ1v) is 7.77. The molecule has 0 saturated carbocycles. The van der Waals surface area contributed by atoms with Crippen LogP contribution in [0.25, 0.3) is 11.1 Å². The first kappa shape index (κ1) is 14.5. The predicted octanol–water partition coefficient (Wildman–Crippen LogP) is 3.22. The molecule has 22 heavy (non-hydrogen) atoms. The van der Waals surface area contributed by atoms with E-state index >= 15 is 0 Å². The van der Waals surface area contributed by atoms with Gasteiger partial charge in [0.25, 0.3) is 0 Å². The lowest BCUT2D eigenvalue weighted by Gasteiger charge is -2.10. The number of hydrogen-bond acceptors (Lipinski definition) is 5. The molecule has 0 radical (unpaired) electrons. The van der Waals surface area contributed by atoms with Crippen LogP contribution in [0.3, 0.4) is 0 Å². The van der Waals surface area contributed by atoms with Crippen molar-refractivity contribution in [3.8, 4) is 16.9 Å². The van der Waals surface area contributed by atoms with E-state index in [0.29, 0.717) is 21.4 Å². The molecule has 3 aromatic rings. The molecule has 112 valence electrons. The topological polar surface area (TPSA) is 65.2 Å². The van der Waals surface area contributed by atoms with Crippen LogP contribution in [0.15, 0.2) is 63.2 Å². The first-order valence-electron chi connectivity index (χ1n) is 6.62. The zero-order chi connectivity index (χ0) is 15.5. The van der Waals surface area contributed by atoms with E-state index in [0.717, 1.165) is 11.1 Å². The van der Waals surface area contributed by atoms with Gasteiger partial charge in [0.1, 0.15) is 22.3 Å². The second kappa shape index (κ2) is 6.11. The monoisotopic (exact) mass is 314 g/mol. The van der Waals surface area contributed by atoms with Crippen molar-refractivity contribution in [3.05, 3.63) is 54.6 Å². The quantitative estimate of drug-likeness (QED) is 0.740. The lowest BCUT2D eigenvalue weighted by Crippen LogP contribution is -1.96. The molecule has 2 aromatic heterocycles. The zero-order valence-corrected chi connectivity index (χ0v) is 13.0. The molecule has 0 aliphatic carbocycles. The van der Waals surface area contributed by atoms with E-state index in [4.69, 9.17) is 9.26 Å². The van der Waals surface area contributed by atoms with Crippen LogP contribution in [0.2, 0.25) is 0 Å². The molecule has 0 fully saturated rings. The second-order valence-corrected chi connectivity index (χ2v) is 6.08. The fourth-order valence-electron chi connectivity index (χ4n) is 2.10. The largest absolute Gasteiger partial charge is 0.496 e. The van der Waals surface area contributed by atoms with Gasteiger partial charge in [0, 0.05) is 34.5 Å². The summed E-state index contributed by atoms with van der Waals surface area (Å²) in [5, 5.41) is 4.20. The maximum Gasteiger partial charge on any atom is 0.175 e. The van der Waals surface area contributed by atoms with Crippen molar-refractivity contribution >= 4 is 10.8 Å². The Morgan fingerprint density at radius 1 is 1.23 bits per heavy atom. The molecule has 1 unspecified atom stereocenters. The third kappa shape index (κ3) is 2.78. The third-order valence-electron chi connectivity index (χ3n) is 3.16. The van der Waals surface area contributed by atoms with Crippen molar-refractivity contribution in [2.24, 2.45) is 0 Å². The number of benzene rings is 1. The number of aryl methyl sites for hydroxylation is 1. The van der Waals surface area contributed by atoms with Crippen molar-refractivity contribution in [1.82, 2.24) is 10.1 Å². The van der Waals surface area contributed by atoms with Gasteiger partial charge in [-0.1, -0.05) is 11.2 Å². The van der Waals surface area contributed by atoms with Crippen LogP contribution in [0.1, 0.15) is 5.76 Å². The fraction of sp³-hybridized carbons (Fsp3) is 0.125. The summed E-state index contributed by atoms with van der Waals surface area (Å²) >= 11 is 0. The highest BCUT2D eigenvalue weighted by Crippen LogP contribution is 2.32. The van der Waals surface area contributed by atoms with Crippen LogP contribution in [-0.2, 0) is 10.8 Å². The summed E-state index contributed by atoms with van der Waals surface area (Å²) in [6.45, 7) is 1.76. The normalized spacial score (nSPS) is 12.1. The highest BCUT2D eigenvalue weighted by atomic mass is 32.2. The zero-order valence-electron chi connectivity index (χ0n) is 12.1. The number of pyridine rings is 1.